The average molecular weight is 483 g/mol. The van der Waals surface area contributed by atoms with Gasteiger partial charge >= 0.3 is 0 Å². The summed E-state index contributed by atoms with van der Waals surface area (Å²) in [7, 11) is -3.42. The number of aromatic nitrogens is 2. The Morgan fingerprint density at radius 1 is 1.23 bits per heavy atom. The van der Waals surface area contributed by atoms with Crippen LogP contribution in [0.15, 0.2) is 35.8 Å². The molecule has 0 bridgehead atoms. The molecule has 1 aliphatic heterocycles. The molecule has 3 heterocycles. The van der Waals surface area contributed by atoms with Crippen LogP contribution in [-0.2, 0) is 10.0 Å². The Hall–Kier alpha value is -2.20. The molecule has 0 unspecified atom stereocenters. The van der Waals surface area contributed by atoms with Crippen molar-refractivity contribution in [1.82, 2.24) is 9.97 Å². The Balaban J connectivity index is 1.63. The second-order valence-electron chi connectivity index (χ2n) is 6.74. The summed E-state index contributed by atoms with van der Waals surface area (Å²) in [6.45, 7) is 2.22. The van der Waals surface area contributed by atoms with E-state index in [1.807, 2.05) is 12.3 Å². The van der Waals surface area contributed by atoms with Gasteiger partial charge in [0, 0.05) is 40.1 Å². The Labute approximate surface area is 187 Å². The number of sulfonamides is 1. The van der Waals surface area contributed by atoms with Crippen LogP contribution in [0.4, 0.5) is 11.5 Å². The molecule has 4 rings (SSSR count). The van der Waals surface area contributed by atoms with Crippen molar-refractivity contribution in [2.45, 2.75) is 13.3 Å². The summed E-state index contributed by atoms with van der Waals surface area (Å²) in [5.41, 5.74) is 2.27. The maximum absolute atomic E-state index is 12.9. The largest absolute Gasteiger partial charge is 0.322 e. The maximum Gasteiger partial charge on any atom is 0.257 e. The van der Waals surface area contributed by atoms with Gasteiger partial charge in [0.05, 0.1) is 16.3 Å². The number of rotatable bonds is 4. The molecule has 1 fully saturated rings. The van der Waals surface area contributed by atoms with Gasteiger partial charge in [0.15, 0.2) is 0 Å². The predicted molar refractivity (Wildman–Crippen MR) is 120 cm³/mol. The first-order valence-electron chi connectivity index (χ1n) is 8.93. The standard InChI is InChI=1S/C19H16Cl2N4O3S2/c1-11-10-29-19(23-11)12-5-13(20)7-14(6-12)24-18(26)15-8-17(22-9-16(15)21)25-3-2-4-30(25,27)28/h5-10H,2-4H2,1H3,(H,24,26). The number of nitrogens with one attached hydrogen (secondary N) is 1. The molecule has 3 aromatic rings. The van der Waals surface area contributed by atoms with Crippen molar-refractivity contribution in [1.29, 1.82) is 0 Å². The molecule has 0 atom stereocenters. The van der Waals surface area contributed by atoms with Crippen LogP contribution in [0.25, 0.3) is 10.6 Å². The molecule has 0 radical (unpaired) electrons. The van der Waals surface area contributed by atoms with Crippen molar-refractivity contribution in [2.75, 3.05) is 21.9 Å². The van der Waals surface area contributed by atoms with Crippen LogP contribution >= 0.6 is 34.5 Å². The number of pyridine rings is 1. The van der Waals surface area contributed by atoms with E-state index >= 15 is 0 Å². The van der Waals surface area contributed by atoms with E-state index in [9.17, 15) is 13.2 Å². The van der Waals surface area contributed by atoms with Crippen LogP contribution in [-0.4, -0.2) is 36.6 Å². The van der Waals surface area contributed by atoms with Crippen molar-refractivity contribution in [3.63, 3.8) is 0 Å². The molecule has 1 aromatic carbocycles. The number of halogens is 2. The summed E-state index contributed by atoms with van der Waals surface area (Å²) in [5.74, 6) is -0.267. The number of hydrogen-bond donors (Lipinski definition) is 1. The second-order valence-corrected chi connectivity index (χ2v) is 10.5. The maximum atomic E-state index is 12.9. The normalized spacial score (nSPS) is 15.4. The zero-order valence-electron chi connectivity index (χ0n) is 15.7. The molecule has 0 aliphatic carbocycles. The Morgan fingerprint density at radius 2 is 2.03 bits per heavy atom. The molecule has 7 nitrogen and oxygen atoms in total. The fourth-order valence-electron chi connectivity index (χ4n) is 3.11. The Morgan fingerprint density at radius 3 is 2.70 bits per heavy atom. The van der Waals surface area contributed by atoms with E-state index in [1.54, 1.807) is 18.2 Å². The van der Waals surface area contributed by atoms with Gasteiger partial charge in [0.2, 0.25) is 10.0 Å². The van der Waals surface area contributed by atoms with Gasteiger partial charge in [-0.2, -0.15) is 0 Å². The van der Waals surface area contributed by atoms with E-state index in [1.165, 1.54) is 27.9 Å². The number of amides is 1. The Bertz CT molecular complexity index is 1240. The highest BCUT2D eigenvalue weighted by Gasteiger charge is 2.30. The molecule has 1 saturated heterocycles. The van der Waals surface area contributed by atoms with Gasteiger partial charge in [-0.3, -0.25) is 9.10 Å². The fourth-order valence-corrected chi connectivity index (χ4v) is 5.82. The first kappa shape index (κ1) is 21.0. The monoisotopic (exact) mass is 482 g/mol. The molecule has 0 spiro atoms. The van der Waals surface area contributed by atoms with Gasteiger partial charge in [-0.1, -0.05) is 23.2 Å². The van der Waals surface area contributed by atoms with E-state index < -0.39 is 15.9 Å². The molecule has 1 N–H and O–H groups in total. The third kappa shape index (κ3) is 4.29. The van der Waals surface area contributed by atoms with E-state index in [0.717, 1.165) is 16.3 Å². The number of nitrogens with zero attached hydrogens (tertiary/aromatic N) is 3. The first-order valence-corrected chi connectivity index (χ1v) is 12.2. The number of benzene rings is 1. The van der Waals surface area contributed by atoms with E-state index in [0.29, 0.717) is 23.7 Å². The number of hydrogen-bond acceptors (Lipinski definition) is 6. The fraction of sp³-hybridized carbons (Fsp3) is 0.211. The number of thiazole rings is 1. The molecule has 2 aromatic heterocycles. The van der Waals surface area contributed by atoms with E-state index in [2.05, 4.69) is 15.3 Å². The minimum absolute atomic E-state index is 0.0559. The molecule has 0 saturated carbocycles. The van der Waals surface area contributed by atoms with Crippen molar-refractivity contribution < 1.29 is 13.2 Å². The summed E-state index contributed by atoms with van der Waals surface area (Å²) in [6, 6.07) is 6.54. The SMILES string of the molecule is Cc1csc(-c2cc(Cl)cc(NC(=O)c3cc(N4CCCS4(=O)=O)ncc3Cl)c2)n1. The molecule has 1 aliphatic rings. The molecule has 1 amide bonds. The number of aryl methyl sites for hydroxylation is 1. The third-order valence-corrected chi connectivity index (χ3v) is 7.84. The lowest BCUT2D eigenvalue weighted by Crippen LogP contribution is -2.26. The van der Waals surface area contributed by atoms with Crippen LogP contribution in [0.2, 0.25) is 10.0 Å². The molecule has 156 valence electrons. The molecular formula is C19H16Cl2N4O3S2. The summed E-state index contributed by atoms with van der Waals surface area (Å²) < 4.78 is 25.5. The molecule has 11 heteroatoms. The van der Waals surface area contributed by atoms with Gasteiger partial charge in [-0.05, 0) is 37.6 Å². The van der Waals surface area contributed by atoms with E-state index in [-0.39, 0.29) is 22.2 Å². The van der Waals surface area contributed by atoms with Crippen molar-refractivity contribution in [3.05, 3.63) is 57.1 Å². The zero-order valence-corrected chi connectivity index (χ0v) is 18.9. The predicted octanol–water partition coefficient (Wildman–Crippen LogP) is 4.61. The zero-order chi connectivity index (χ0) is 21.5. The lowest BCUT2D eigenvalue weighted by atomic mass is 10.2. The minimum atomic E-state index is -3.42. The summed E-state index contributed by atoms with van der Waals surface area (Å²) in [6.07, 6.45) is 1.79. The van der Waals surface area contributed by atoms with E-state index in [4.69, 9.17) is 23.2 Å². The highest BCUT2D eigenvalue weighted by atomic mass is 35.5. The third-order valence-electron chi connectivity index (χ3n) is 4.46. The van der Waals surface area contributed by atoms with Gasteiger partial charge in [-0.15, -0.1) is 11.3 Å². The number of anilines is 2. The molecule has 30 heavy (non-hydrogen) atoms. The van der Waals surface area contributed by atoms with Crippen LogP contribution in [0, 0.1) is 6.92 Å². The highest BCUT2D eigenvalue weighted by Crippen LogP contribution is 2.31. The lowest BCUT2D eigenvalue weighted by Gasteiger charge is -2.17. The van der Waals surface area contributed by atoms with Gasteiger partial charge in [0.1, 0.15) is 10.8 Å². The number of carbonyl (C=O) groups is 1. The number of carbonyl (C=O) groups excluding carboxylic acids is 1. The summed E-state index contributed by atoms with van der Waals surface area (Å²) in [5, 5.41) is 6.05. The minimum Gasteiger partial charge on any atom is -0.322 e. The molecular weight excluding hydrogens is 467 g/mol. The van der Waals surface area contributed by atoms with Gasteiger partial charge in [-0.25, -0.2) is 18.4 Å². The Kier molecular flexibility index (Phi) is 5.71. The van der Waals surface area contributed by atoms with Crippen molar-refractivity contribution >= 4 is 62.0 Å². The van der Waals surface area contributed by atoms with Gasteiger partial charge in [0.25, 0.3) is 5.91 Å². The lowest BCUT2D eigenvalue weighted by molar-refractivity contribution is 0.102. The van der Waals surface area contributed by atoms with Crippen LogP contribution < -0.4 is 9.62 Å². The van der Waals surface area contributed by atoms with Crippen molar-refractivity contribution in [3.8, 4) is 10.6 Å². The topological polar surface area (TPSA) is 92.3 Å². The van der Waals surface area contributed by atoms with Crippen molar-refractivity contribution in [2.24, 2.45) is 0 Å². The summed E-state index contributed by atoms with van der Waals surface area (Å²) in [4.78, 5) is 21.4. The average Bonchev–Trinajstić information content (AvgIpc) is 3.26. The highest BCUT2D eigenvalue weighted by molar-refractivity contribution is 7.93. The second kappa shape index (κ2) is 8.14. The quantitative estimate of drug-likeness (QED) is 0.585. The van der Waals surface area contributed by atoms with Gasteiger partial charge < -0.3 is 5.32 Å². The first-order chi connectivity index (χ1) is 14.2. The van der Waals surface area contributed by atoms with Crippen LogP contribution in [0.3, 0.4) is 0 Å². The van der Waals surface area contributed by atoms with Crippen LogP contribution in [0.1, 0.15) is 22.5 Å². The summed E-state index contributed by atoms with van der Waals surface area (Å²) >= 11 is 13.9. The van der Waals surface area contributed by atoms with Crippen LogP contribution in [0.5, 0.6) is 0 Å². The smallest absolute Gasteiger partial charge is 0.257 e.